The molecule has 0 aliphatic carbocycles. The molecule has 7 atom stereocenters. The van der Waals surface area contributed by atoms with Crippen LogP contribution in [0.5, 0.6) is 0 Å². The number of esters is 1. The first-order valence-corrected chi connectivity index (χ1v) is 17.3. The number of fused-ring (bicyclic) bond motifs is 1. The Morgan fingerprint density at radius 3 is 2.44 bits per heavy atom. The van der Waals surface area contributed by atoms with Crippen molar-refractivity contribution in [1.29, 1.82) is 0 Å². The molecule has 3 heterocycles. The van der Waals surface area contributed by atoms with Gasteiger partial charge in [-0.2, -0.15) is 0 Å². The summed E-state index contributed by atoms with van der Waals surface area (Å²) < 4.78 is 12.8. The van der Waals surface area contributed by atoms with E-state index in [-0.39, 0.29) is 49.3 Å². The Kier molecular flexibility index (Phi) is 11.6. The molecule has 0 unspecified atom stereocenters. The first kappa shape index (κ1) is 37.3. The van der Waals surface area contributed by atoms with Crippen LogP contribution in [0.1, 0.15) is 91.7 Å². The molecule has 3 fully saturated rings. The van der Waals surface area contributed by atoms with E-state index in [1.807, 2.05) is 51.1 Å². The Hall–Kier alpha value is -3.50. The maximum Gasteiger partial charge on any atom is 0.313 e. The van der Waals surface area contributed by atoms with Crippen LogP contribution in [0, 0.1) is 17.3 Å². The zero-order chi connectivity index (χ0) is 35.4. The number of likely N-dealkylation sites (tertiary alicyclic amines) is 1. The molecule has 10 nitrogen and oxygen atoms in total. The number of ether oxygens (including phenoxy) is 2. The largest absolute Gasteiger partial charge is 0.455 e. The van der Waals surface area contributed by atoms with E-state index in [1.54, 1.807) is 17.1 Å². The molecular weight excluding hydrogens is 610 g/mol. The third kappa shape index (κ3) is 7.39. The lowest BCUT2D eigenvalue weighted by Crippen LogP contribution is -2.62. The van der Waals surface area contributed by atoms with Crippen molar-refractivity contribution in [3.63, 3.8) is 0 Å². The Balaban J connectivity index is 1.70. The number of hydrogen-bond donors (Lipinski definition) is 2. The Bertz CT molecular complexity index is 1350. The number of hydrogen-bond acceptors (Lipinski definition) is 7. The average molecular weight is 666 g/mol. The smallest absolute Gasteiger partial charge is 0.313 e. The van der Waals surface area contributed by atoms with E-state index in [2.05, 4.69) is 39.2 Å². The van der Waals surface area contributed by atoms with E-state index in [0.29, 0.717) is 37.7 Å². The highest BCUT2D eigenvalue weighted by Crippen LogP contribution is 2.59. The standard InChI is InChI=1S/C38H55N3O7/c1-9-12-18-29(43)39-22-28(25-16-14-13-15-17-25)47-35(46)30-27-19-20-38(48-27)31(30)33(44)41(26(11-3)23-42)32(38)34(45)40(21-10-2)37(7,8)24-36(4,5)6/h9-10,13-17,26-28,30-32,42H,1-2,11-12,18-24H2,3-8H3,(H,39,43)/t26-,27+,28-,30-,31-,32+,38-/m0/s1. The molecule has 1 aromatic carbocycles. The van der Waals surface area contributed by atoms with Crippen LogP contribution in [0.25, 0.3) is 0 Å². The molecule has 3 aliphatic heterocycles. The predicted molar refractivity (Wildman–Crippen MR) is 183 cm³/mol. The van der Waals surface area contributed by atoms with E-state index in [9.17, 15) is 24.3 Å². The second-order valence-corrected chi connectivity index (χ2v) is 15.3. The van der Waals surface area contributed by atoms with Gasteiger partial charge in [0, 0.05) is 18.5 Å². The average Bonchev–Trinajstić information content (AvgIpc) is 3.68. The van der Waals surface area contributed by atoms with Gasteiger partial charge in [-0.05, 0) is 56.9 Å². The normalized spacial score (nSPS) is 26.1. The molecular formula is C38H55N3O7. The summed E-state index contributed by atoms with van der Waals surface area (Å²) in [6.45, 7) is 19.9. The third-order valence-corrected chi connectivity index (χ3v) is 10.1. The number of nitrogens with zero attached hydrogens (tertiary/aromatic N) is 2. The summed E-state index contributed by atoms with van der Waals surface area (Å²) in [7, 11) is 0. The van der Waals surface area contributed by atoms with E-state index in [1.165, 1.54) is 4.90 Å². The van der Waals surface area contributed by atoms with Crippen LogP contribution in [0.4, 0.5) is 0 Å². The van der Waals surface area contributed by atoms with Gasteiger partial charge in [0.1, 0.15) is 17.7 Å². The number of aliphatic hydroxyl groups excluding tert-OH is 1. The van der Waals surface area contributed by atoms with Crippen LogP contribution in [-0.2, 0) is 28.7 Å². The maximum absolute atomic E-state index is 14.9. The Labute approximate surface area is 285 Å². The molecule has 2 N–H and O–H groups in total. The number of amides is 3. The highest BCUT2D eigenvalue weighted by Gasteiger charge is 2.76. The molecule has 0 aromatic heterocycles. The maximum atomic E-state index is 14.9. The van der Waals surface area contributed by atoms with Crippen molar-refractivity contribution in [3.8, 4) is 0 Å². The molecule has 3 amide bonds. The van der Waals surface area contributed by atoms with E-state index in [0.717, 1.165) is 0 Å². The molecule has 1 spiro atoms. The fourth-order valence-electron chi connectivity index (χ4n) is 8.39. The van der Waals surface area contributed by atoms with Crippen molar-refractivity contribution in [3.05, 3.63) is 61.2 Å². The van der Waals surface area contributed by atoms with Crippen LogP contribution >= 0.6 is 0 Å². The highest BCUT2D eigenvalue weighted by molar-refractivity contribution is 5.98. The minimum atomic E-state index is -1.25. The summed E-state index contributed by atoms with van der Waals surface area (Å²) in [5.41, 5.74) is -1.23. The molecule has 3 saturated heterocycles. The lowest BCUT2D eigenvalue weighted by molar-refractivity contribution is -0.161. The molecule has 264 valence electrons. The minimum absolute atomic E-state index is 0.0583. The van der Waals surface area contributed by atoms with E-state index >= 15 is 0 Å². The number of rotatable bonds is 16. The third-order valence-electron chi connectivity index (χ3n) is 10.1. The highest BCUT2D eigenvalue weighted by atomic mass is 16.6. The summed E-state index contributed by atoms with van der Waals surface area (Å²) in [4.78, 5) is 59.4. The first-order chi connectivity index (χ1) is 22.7. The van der Waals surface area contributed by atoms with Crippen LogP contribution in [-0.4, -0.2) is 87.6 Å². The summed E-state index contributed by atoms with van der Waals surface area (Å²) in [6, 6.07) is 7.50. The zero-order valence-corrected chi connectivity index (χ0v) is 29.6. The van der Waals surface area contributed by atoms with Crippen molar-refractivity contribution >= 4 is 23.7 Å². The van der Waals surface area contributed by atoms with Crippen molar-refractivity contribution in [1.82, 2.24) is 15.1 Å². The van der Waals surface area contributed by atoms with Gasteiger partial charge in [-0.3, -0.25) is 19.2 Å². The second-order valence-electron chi connectivity index (χ2n) is 15.3. The summed E-state index contributed by atoms with van der Waals surface area (Å²) in [6.07, 6.45) is 4.76. The van der Waals surface area contributed by atoms with Gasteiger partial charge >= 0.3 is 5.97 Å². The van der Waals surface area contributed by atoms with Crippen LogP contribution in [0.15, 0.2) is 55.6 Å². The fourth-order valence-corrected chi connectivity index (χ4v) is 8.39. The number of allylic oxidation sites excluding steroid dienone is 1. The topological polar surface area (TPSA) is 125 Å². The number of nitrogens with one attached hydrogen (secondary N) is 1. The Morgan fingerprint density at radius 2 is 1.85 bits per heavy atom. The van der Waals surface area contributed by atoms with Crippen molar-refractivity contribution in [2.45, 2.75) is 115 Å². The summed E-state index contributed by atoms with van der Waals surface area (Å²) >= 11 is 0. The molecule has 3 aliphatic rings. The van der Waals surface area contributed by atoms with E-state index < -0.39 is 53.2 Å². The lowest BCUT2D eigenvalue weighted by atomic mass is 9.70. The molecule has 48 heavy (non-hydrogen) atoms. The fraction of sp³-hybridized carbons (Fsp3) is 0.632. The molecule has 0 radical (unpaired) electrons. The van der Waals surface area contributed by atoms with E-state index in [4.69, 9.17) is 9.47 Å². The van der Waals surface area contributed by atoms with Crippen LogP contribution < -0.4 is 5.32 Å². The zero-order valence-electron chi connectivity index (χ0n) is 29.6. The van der Waals surface area contributed by atoms with Gasteiger partial charge in [0.2, 0.25) is 17.7 Å². The van der Waals surface area contributed by atoms with Gasteiger partial charge in [0.15, 0.2) is 0 Å². The van der Waals surface area contributed by atoms with Crippen LogP contribution in [0.2, 0.25) is 0 Å². The Morgan fingerprint density at radius 1 is 1.17 bits per heavy atom. The van der Waals surface area contributed by atoms with Gasteiger partial charge in [-0.1, -0.05) is 70.2 Å². The second kappa shape index (κ2) is 14.9. The SMILES string of the molecule is C=CCCC(=O)NC[C@H](OC(=O)[C@@H]1[C@H]2C(=O)N([C@@H](CC)CO)[C@H](C(=O)N(CC=C)C(C)(C)CC(C)(C)C)[C@]23CC[C@H]1O3)c1ccccc1. The number of aliphatic hydroxyl groups is 1. The van der Waals surface area contributed by atoms with Crippen molar-refractivity contribution in [2.24, 2.45) is 17.3 Å². The first-order valence-electron chi connectivity index (χ1n) is 17.3. The molecule has 2 bridgehead atoms. The van der Waals surface area contributed by atoms with Crippen molar-refractivity contribution < 1.29 is 33.8 Å². The predicted octanol–water partition coefficient (Wildman–Crippen LogP) is 4.73. The number of benzene rings is 1. The quantitative estimate of drug-likeness (QED) is 0.193. The number of carbonyl (C=O) groups excluding carboxylic acids is 4. The molecule has 1 aromatic rings. The summed E-state index contributed by atoms with van der Waals surface area (Å²) in [5.74, 6) is -3.33. The monoisotopic (exact) mass is 665 g/mol. The van der Waals surface area contributed by atoms with Crippen LogP contribution in [0.3, 0.4) is 0 Å². The minimum Gasteiger partial charge on any atom is -0.455 e. The van der Waals surface area contributed by atoms with Gasteiger partial charge in [0.05, 0.1) is 37.1 Å². The molecule has 0 saturated carbocycles. The summed E-state index contributed by atoms with van der Waals surface area (Å²) in [5, 5.41) is 13.3. The number of carbonyl (C=O) groups is 4. The van der Waals surface area contributed by atoms with Gasteiger partial charge < -0.3 is 29.7 Å². The van der Waals surface area contributed by atoms with Gasteiger partial charge in [-0.15, -0.1) is 13.2 Å². The van der Waals surface area contributed by atoms with Gasteiger partial charge in [-0.25, -0.2) is 0 Å². The molecule has 4 rings (SSSR count). The molecule has 10 heteroatoms. The van der Waals surface area contributed by atoms with Crippen molar-refractivity contribution in [2.75, 3.05) is 19.7 Å². The van der Waals surface area contributed by atoms with Gasteiger partial charge in [0.25, 0.3) is 0 Å². The lowest BCUT2D eigenvalue weighted by Gasteiger charge is -2.46.